The quantitative estimate of drug-likeness (QED) is 0.0815. The van der Waals surface area contributed by atoms with Crippen LogP contribution in [0.1, 0.15) is 36.2 Å². The van der Waals surface area contributed by atoms with Crippen molar-refractivity contribution in [1.82, 2.24) is 15.8 Å². The number of amides is 3. The Hall–Kier alpha value is -3.54. The second kappa shape index (κ2) is 13.4. The highest BCUT2D eigenvalue weighted by atomic mass is 32.1. The molecule has 0 radical (unpaired) electrons. The topological polar surface area (TPSA) is 163 Å². The molecule has 0 heterocycles. The number of anilines is 1. The van der Waals surface area contributed by atoms with Gasteiger partial charge in [-0.1, -0.05) is 38.1 Å². The highest BCUT2D eigenvalue weighted by Crippen LogP contribution is 2.17. The maximum absolute atomic E-state index is 12.5. The number of hydroxylamine groups is 1. The van der Waals surface area contributed by atoms with Crippen LogP contribution in [0.5, 0.6) is 0 Å². The number of nitrogens with one attached hydrogen (secondary N) is 3. The molecule has 0 fully saturated rings. The second-order valence-corrected chi connectivity index (χ2v) is 8.90. The molecule has 0 aliphatic heterocycles. The summed E-state index contributed by atoms with van der Waals surface area (Å²) in [5, 5.41) is 15.7. The predicted octanol–water partition coefficient (Wildman–Crippen LogP) is 1.99. The number of thiol groups is 1. The summed E-state index contributed by atoms with van der Waals surface area (Å²) in [6.45, 7) is 4.20. The molecule has 3 amide bonds. The molecule has 0 aliphatic carbocycles. The zero-order valence-electron chi connectivity index (χ0n) is 19.7. The first-order chi connectivity index (χ1) is 16.6. The molecular formula is C24H32N6O4S. The van der Waals surface area contributed by atoms with Crippen LogP contribution >= 0.6 is 12.6 Å². The SMILES string of the molecule is CC(C)CC(C(=O)NO)C(=O)Nc1ccc(CN(N)/C=C(\N)CNC(=O)c2ccccc2S)cc1. The number of hydrogen-bond acceptors (Lipinski definition) is 8. The van der Waals surface area contributed by atoms with E-state index in [1.807, 2.05) is 13.8 Å². The largest absolute Gasteiger partial charge is 0.399 e. The molecule has 0 aliphatic rings. The maximum Gasteiger partial charge on any atom is 0.255 e. The van der Waals surface area contributed by atoms with Crippen LogP contribution in [0.25, 0.3) is 0 Å². The lowest BCUT2D eigenvalue weighted by Gasteiger charge is -2.18. The van der Waals surface area contributed by atoms with E-state index in [1.165, 1.54) is 11.2 Å². The molecule has 1 atom stereocenters. The number of hydrazine groups is 1. The van der Waals surface area contributed by atoms with Crippen molar-refractivity contribution in [2.24, 2.45) is 23.4 Å². The first-order valence-corrected chi connectivity index (χ1v) is 11.4. The monoisotopic (exact) mass is 500 g/mol. The third-order valence-electron chi connectivity index (χ3n) is 4.97. The van der Waals surface area contributed by atoms with Crippen molar-refractivity contribution in [2.45, 2.75) is 31.7 Å². The molecule has 0 aromatic heterocycles. The molecule has 2 aromatic carbocycles. The number of nitrogens with zero attached hydrogens (tertiary/aromatic N) is 1. The minimum absolute atomic E-state index is 0.0913. The molecule has 188 valence electrons. The van der Waals surface area contributed by atoms with Gasteiger partial charge in [-0.3, -0.25) is 19.6 Å². The molecule has 0 saturated heterocycles. The smallest absolute Gasteiger partial charge is 0.255 e. The first-order valence-electron chi connectivity index (χ1n) is 11.0. The van der Waals surface area contributed by atoms with Crippen LogP contribution in [0.15, 0.2) is 65.3 Å². The van der Waals surface area contributed by atoms with E-state index in [9.17, 15) is 14.4 Å². The van der Waals surface area contributed by atoms with Crippen molar-refractivity contribution in [3.05, 3.63) is 71.6 Å². The van der Waals surface area contributed by atoms with Gasteiger partial charge in [-0.05, 0) is 42.2 Å². The number of benzene rings is 2. The van der Waals surface area contributed by atoms with Gasteiger partial charge in [-0.2, -0.15) is 0 Å². The van der Waals surface area contributed by atoms with Gasteiger partial charge in [0, 0.05) is 22.5 Å². The summed E-state index contributed by atoms with van der Waals surface area (Å²) in [4.78, 5) is 37.1. The Morgan fingerprint density at radius 2 is 1.74 bits per heavy atom. The predicted molar refractivity (Wildman–Crippen MR) is 136 cm³/mol. The van der Waals surface area contributed by atoms with Gasteiger partial charge in [0.2, 0.25) is 5.91 Å². The van der Waals surface area contributed by atoms with E-state index in [0.717, 1.165) is 5.56 Å². The summed E-state index contributed by atoms with van der Waals surface area (Å²) in [6, 6.07) is 13.9. The second-order valence-electron chi connectivity index (χ2n) is 8.42. The summed E-state index contributed by atoms with van der Waals surface area (Å²) in [5.74, 6) is 3.56. The van der Waals surface area contributed by atoms with E-state index < -0.39 is 17.7 Å². The van der Waals surface area contributed by atoms with Gasteiger partial charge < -0.3 is 21.4 Å². The number of hydrogen-bond donors (Lipinski definition) is 7. The first kappa shape index (κ1) is 27.7. The number of nitrogens with two attached hydrogens (primary N) is 2. The lowest BCUT2D eigenvalue weighted by Crippen LogP contribution is -2.37. The lowest BCUT2D eigenvalue weighted by atomic mass is 9.95. The van der Waals surface area contributed by atoms with Crippen LogP contribution in [0.2, 0.25) is 0 Å². The van der Waals surface area contributed by atoms with Crippen molar-refractivity contribution < 1.29 is 19.6 Å². The van der Waals surface area contributed by atoms with E-state index >= 15 is 0 Å². The lowest BCUT2D eigenvalue weighted by molar-refractivity contribution is -0.139. The number of carbonyl (C=O) groups excluding carboxylic acids is 3. The van der Waals surface area contributed by atoms with E-state index in [-0.39, 0.29) is 18.4 Å². The Balaban J connectivity index is 1.90. The molecular weight excluding hydrogens is 468 g/mol. The van der Waals surface area contributed by atoms with Crippen molar-refractivity contribution >= 4 is 36.0 Å². The van der Waals surface area contributed by atoms with Gasteiger partial charge in [0.05, 0.1) is 18.7 Å². The van der Waals surface area contributed by atoms with Crippen molar-refractivity contribution in [1.29, 1.82) is 0 Å². The minimum atomic E-state index is -1.01. The summed E-state index contributed by atoms with van der Waals surface area (Å²) in [7, 11) is 0. The zero-order chi connectivity index (χ0) is 26.0. The fourth-order valence-corrected chi connectivity index (χ4v) is 3.53. The van der Waals surface area contributed by atoms with Crippen LogP contribution in [0, 0.1) is 11.8 Å². The van der Waals surface area contributed by atoms with Gasteiger partial charge >= 0.3 is 0 Å². The van der Waals surface area contributed by atoms with Crippen LogP contribution in [0.3, 0.4) is 0 Å². The molecule has 0 saturated carbocycles. The van der Waals surface area contributed by atoms with Crippen LogP contribution < -0.4 is 27.7 Å². The maximum atomic E-state index is 12.5. The van der Waals surface area contributed by atoms with Crippen molar-refractivity contribution in [3.63, 3.8) is 0 Å². The van der Waals surface area contributed by atoms with E-state index in [2.05, 4.69) is 23.3 Å². The van der Waals surface area contributed by atoms with E-state index in [0.29, 0.717) is 34.8 Å². The van der Waals surface area contributed by atoms with Gasteiger partial charge in [-0.15, -0.1) is 12.6 Å². The van der Waals surface area contributed by atoms with Gasteiger partial charge in [-0.25, -0.2) is 11.3 Å². The standard InChI is InChI=1S/C24H32N6O4S/c1-15(2)11-20(24(33)29-34)23(32)28-18-9-7-16(8-10-18)13-30(26)14-17(25)12-27-22(31)19-5-3-4-6-21(19)35/h3-10,14-15,20,34-35H,11-13,25-26H2,1-2H3,(H,27,31)(H,28,32)(H,29,33)/b17-14-. The van der Waals surface area contributed by atoms with E-state index in [1.54, 1.807) is 54.0 Å². The summed E-state index contributed by atoms with van der Waals surface area (Å²) in [6.07, 6.45) is 1.82. The Kier molecular flexibility index (Phi) is 10.6. The molecule has 1 unspecified atom stereocenters. The third-order valence-corrected chi connectivity index (χ3v) is 5.36. The minimum Gasteiger partial charge on any atom is -0.399 e. The molecule has 11 heteroatoms. The third kappa shape index (κ3) is 8.96. The van der Waals surface area contributed by atoms with Gasteiger partial charge in [0.1, 0.15) is 5.92 Å². The van der Waals surface area contributed by atoms with E-state index in [4.69, 9.17) is 16.8 Å². The molecule has 35 heavy (non-hydrogen) atoms. The summed E-state index contributed by atoms with van der Waals surface area (Å²) >= 11 is 4.27. The average Bonchev–Trinajstić information content (AvgIpc) is 2.81. The highest BCUT2D eigenvalue weighted by molar-refractivity contribution is 7.80. The molecule has 2 aromatic rings. The zero-order valence-corrected chi connectivity index (χ0v) is 20.6. The fourth-order valence-electron chi connectivity index (χ4n) is 3.26. The van der Waals surface area contributed by atoms with Gasteiger partial charge in [0.25, 0.3) is 11.8 Å². The molecule has 0 spiro atoms. The molecule has 0 bridgehead atoms. The highest BCUT2D eigenvalue weighted by Gasteiger charge is 2.27. The summed E-state index contributed by atoms with van der Waals surface area (Å²) < 4.78 is 0. The summed E-state index contributed by atoms with van der Waals surface area (Å²) in [5.41, 5.74) is 9.68. The molecule has 2 rings (SSSR count). The van der Waals surface area contributed by atoms with Crippen LogP contribution in [-0.4, -0.2) is 34.5 Å². The normalized spacial score (nSPS) is 12.1. The Morgan fingerprint density at radius 3 is 2.34 bits per heavy atom. The Labute approximate surface area is 210 Å². The number of carbonyl (C=O) groups is 3. The fraction of sp³-hybridized carbons (Fsp3) is 0.292. The molecule has 10 nitrogen and oxygen atoms in total. The van der Waals surface area contributed by atoms with Crippen LogP contribution in [0.4, 0.5) is 5.69 Å². The van der Waals surface area contributed by atoms with Crippen molar-refractivity contribution in [2.75, 3.05) is 11.9 Å². The van der Waals surface area contributed by atoms with Gasteiger partial charge in [0.15, 0.2) is 0 Å². The average molecular weight is 501 g/mol. The molecule has 8 N–H and O–H groups in total. The van der Waals surface area contributed by atoms with Crippen LogP contribution in [-0.2, 0) is 16.1 Å². The number of rotatable bonds is 11. The Morgan fingerprint density at radius 1 is 1.09 bits per heavy atom. The Bertz CT molecular complexity index is 1060. The van der Waals surface area contributed by atoms with Crippen molar-refractivity contribution in [3.8, 4) is 0 Å².